The number of esters is 2. The van der Waals surface area contributed by atoms with E-state index in [1.807, 2.05) is 13.8 Å². The first-order chi connectivity index (χ1) is 24.9. The third-order valence-electron chi connectivity index (χ3n) is 10.0. The van der Waals surface area contributed by atoms with Crippen molar-refractivity contribution in [2.75, 3.05) is 0 Å². The quantitative estimate of drug-likeness (QED) is 0.0267. The van der Waals surface area contributed by atoms with Gasteiger partial charge >= 0.3 is 35.0 Å². The van der Waals surface area contributed by atoms with Crippen LogP contribution in [0.2, 0.25) is 0 Å². The van der Waals surface area contributed by atoms with E-state index < -0.39 is 47.9 Å². The van der Waals surface area contributed by atoms with Crippen LogP contribution in [0.3, 0.4) is 0 Å². The van der Waals surface area contributed by atoms with Crippen LogP contribution in [-0.2, 0) is 28.7 Å². The number of carboxylic acids is 2. The van der Waals surface area contributed by atoms with Crippen molar-refractivity contribution in [1.29, 1.82) is 0 Å². The van der Waals surface area contributed by atoms with E-state index in [0.717, 1.165) is 89.9 Å². The molecule has 0 aromatic carbocycles. The monoisotopic (exact) mass is 763 g/mol. The first-order valence-electron chi connectivity index (χ1n) is 21.7. The Morgan fingerprint density at radius 2 is 0.566 bits per heavy atom. The summed E-state index contributed by atoms with van der Waals surface area (Å²) in [7, 11) is 0. The van der Waals surface area contributed by atoms with Crippen LogP contribution in [0.15, 0.2) is 0 Å². The Labute approximate surface area is 342 Å². The van der Waals surface area contributed by atoms with E-state index in [1.54, 1.807) is 0 Å². The van der Waals surface area contributed by atoms with Gasteiger partial charge in [-0.1, -0.05) is 169 Å². The number of carbonyl (C=O) groups excluding carboxylic acids is 4. The van der Waals surface area contributed by atoms with Crippen molar-refractivity contribution in [3.05, 3.63) is 0 Å². The third-order valence-corrected chi connectivity index (χ3v) is 10.0. The second-order valence-corrected chi connectivity index (χ2v) is 15.7. The molecule has 0 aromatic heterocycles. The van der Waals surface area contributed by atoms with Gasteiger partial charge in [0.2, 0.25) is 0 Å². The van der Waals surface area contributed by atoms with Crippen LogP contribution in [0.4, 0.5) is 0 Å². The molecule has 0 spiro atoms. The number of hydrogen-bond donors (Lipinski definition) is 0. The van der Waals surface area contributed by atoms with E-state index >= 15 is 0 Å². The minimum absolute atomic E-state index is 0. The summed E-state index contributed by atoms with van der Waals surface area (Å²) in [6.45, 7) is 12.7. The molecule has 0 aromatic rings. The van der Waals surface area contributed by atoms with Gasteiger partial charge in [-0.2, -0.15) is 0 Å². The number of carboxylic acid groups (broad SMARTS) is 2. The average molecular weight is 763 g/mol. The summed E-state index contributed by atoms with van der Waals surface area (Å²) >= 11 is 0. The molecule has 0 fully saturated rings. The zero-order chi connectivity index (χ0) is 39.4. The number of aliphatic carboxylic acids is 2. The Bertz CT molecular complexity index is 811. The molecule has 0 radical (unpaired) electrons. The summed E-state index contributed by atoms with van der Waals surface area (Å²) < 4.78 is 11.0. The predicted octanol–water partition coefficient (Wildman–Crippen LogP) is 10.3. The van der Waals surface area contributed by atoms with E-state index in [0.29, 0.717) is 0 Å². The molecule has 308 valence electrons. The van der Waals surface area contributed by atoms with Crippen molar-refractivity contribution >= 4 is 46.9 Å². The summed E-state index contributed by atoms with van der Waals surface area (Å²) in [5.41, 5.74) is -1.08. The van der Waals surface area contributed by atoms with Crippen LogP contribution in [0.25, 0.3) is 0 Å². The van der Waals surface area contributed by atoms with Gasteiger partial charge in [0.15, 0.2) is 0 Å². The largest absolute Gasteiger partial charge is 2.00 e. The van der Waals surface area contributed by atoms with Crippen LogP contribution in [0.5, 0.6) is 0 Å². The molecule has 53 heavy (non-hydrogen) atoms. The molecule has 0 aliphatic rings. The maximum atomic E-state index is 11.7. The van der Waals surface area contributed by atoms with E-state index in [4.69, 9.17) is 9.47 Å². The van der Waals surface area contributed by atoms with Gasteiger partial charge < -0.3 is 29.3 Å². The molecule has 8 nitrogen and oxygen atoms in total. The van der Waals surface area contributed by atoms with Crippen molar-refractivity contribution < 1.29 is 38.9 Å². The maximum absolute atomic E-state index is 11.7. The molecular formula is C44H82MgO8. The molecule has 0 saturated carbocycles. The molecule has 0 aliphatic carbocycles. The zero-order valence-corrected chi connectivity index (χ0v) is 37.0. The van der Waals surface area contributed by atoms with Crippen molar-refractivity contribution in [3.63, 3.8) is 0 Å². The molecule has 0 aliphatic heterocycles. The Kier molecular flexibility index (Phi) is 41.1. The maximum Gasteiger partial charge on any atom is 2.00 e. The van der Waals surface area contributed by atoms with Gasteiger partial charge in [0.25, 0.3) is 0 Å². The molecule has 2 unspecified atom stereocenters. The van der Waals surface area contributed by atoms with Crippen LogP contribution in [0, 0.1) is 0 Å². The fourth-order valence-electron chi connectivity index (χ4n) is 6.78. The smallest absolute Gasteiger partial charge is 0.550 e. The second kappa shape index (κ2) is 38.9. The van der Waals surface area contributed by atoms with Crippen LogP contribution >= 0.6 is 0 Å². The van der Waals surface area contributed by atoms with Gasteiger partial charge in [-0.15, -0.1) is 0 Å². The predicted molar refractivity (Wildman–Crippen MR) is 215 cm³/mol. The van der Waals surface area contributed by atoms with Crippen molar-refractivity contribution in [1.82, 2.24) is 0 Å². The molecule has 9 heteroatoms. The van der Waals surface area contributed by atoms with E-state index in [2.05, 4.69) is 27.7 Å². The van der Waals surface area contributed by atoms with Crippen molar-refractivity contribution in [2.45, 2.75) is 258 Å². The summed E-state index contributed by atoms with van der Waals surface area (Å²) in [6, 6.07) is 0. The molecule has 2 atom stereocenters. The Morgan fingerprint density at radius 3 is 0.792 bits per heavy atom. The average Bonchev–Trinajstić information content (AvgIpc) is 3.06. The van der Waals surface area contributed by atoms with Gasteiger partial charge in [-0.25, -0.2) is 0 Å². The summed E-state index contributed by atoms with van der Waals surface area (Å²) in [6.07, 6.45) is 33.8. The fraction of sp³-hybridized carbons (Fsp3) is 0.909. The van der Waals surface area contributed by atoms with E-state index in [-0.39, 0.29) is 23.1 Å². The third kappa shape index (κ3) is 40.1. The Hall–Kier alpha value is -1.35. The van der Waals surface area contributed by atoms with Gasteiger partial charge in [0, 0.05) is 0 Å². The van der Waals surface area contributed by atoms with E-state index in [1.165, 1.54) is 103 Å². The standard InChI is InChI=1S/2C22H42O4.Mg/c2*1-4-6-8-9-10-11-12-13-14-16-18-22(3,17-15-7-5-2)26-21(25)19-20(23)24;/h2*4-19H2,1-3H3,(H,23,24);/q;;+2/p-2. The van der Waals surface area contributed by atoms with Gasteiger partial charge in [0.1, 0.15) is 11.2 Å². The van der Waals surface area contributed by atoms with Gasteiger partial charge in [-0.05, 0) is 65.2 Å². The number of hydrogen-bond acceptors (Lipinski definition) is 8. The van der Waals surface area contributed by atoms with Gasteiger partial charge in [0.05, 0.1) is 24.8 Å². The van der Waals surface area contributed by atoms with Crippen LogP contribution < -0.4 is 10.2 Å². The molecule has 0 rings (SSSR count). The van der Waals surface area contributed by atoms with Crippen LogP contribution in [0.1, 0.15) is 247 Å². The first-order valence-corrected chi connectivity index (χ1v) is 21.7. The molecule has 0 heterocycles. The second-order valence-electron chi connectivity index (χ2n) is 15.7. The number of rotatable bonds is 36. The van der Waals surface area contributed by atoms with Gasteiger partial charge in [-0.3, -0.25) is 9.59 Å². The zero-order valence-electron chi connectivity index (χ0n) is 35.6. The normalized spacial score (nSPS) is 13.1. The minimum Gasteiger partial charge on any atom is -0.550 e. The molecular weight excluding hydrogens is 681 g/mol. The minimum atomic E-state index is -1.37. The number of unbranched alkanes of at least 4 members (excludes halogenated alkanes) is 22. The van der Waals surface area contributed by atoms with E-state index in [9.17, 15) is 29.4 Å². The van der Waals surface area contributed by atoms with Crippen LogP contribution in [-0.4, -0.2) is 58.1 Å². The van der Waals surface area contributed by atoms with Crippen molar-refractivity contribution in [2.24, 2.45) is 0 Å². The molecule has 0 bridgehead atoms. The fourth-order valence-corrected chi connectivity index (χ4v) is 6.78. The molecule has 0 N–H and O–H groups in total. The molecule has 0 amide bonds. The topological polar surface area (TPSA) is 133 Å². The Morgan fingerprint density at radius 1 is 0.377 bits per heavy atom. The Balaban J connectivity index is -0.000000926. The SMILES string of the molecule is CCCCCCCCCCCCC(C)(CCCCC)OC(=O)CC(=O)[O-].CCCCCCCCCCCCC(C)(CCCCC)OC(=O)CC(=O)[O-].[Mg+2]. The summed E-state index contributed by atoms with van der Waals surface area (Å²) in [5.74, 6) is -4.08. The number of carbonyl (C=O) groups is 4. The summed E-state index contributed by atoms with van der Waals surface area (Å²) in [4.78, 5) is 44.7. The summed E-state index contributed by atoms with van der Waals surface area (Å²) in [5, 5.41) is 21.2. The first kappa shape index (κ1) is 56.0. The number of ether oxygens (including phenoxy) is 2. The van der Waals surface area contributed by atoms with Crippen molar-refractivity contribution in [3.8, 4) is 0 Å². The molecule has 0 saturated heterocycles.